The van der Waals surface area contributed by atoms with Crippen molar-refractivity contribution in [2.75, 3.05) is 64.0 Å². The number of hydrogen-bond acceptors (Lipinski definition) is 10. The highest BCUT2D eigenvalue weighted by Crippen LogP contribution is 2.42. The zero-order valence-electron chi connectivity index (χ0n) is 27.2. The van der Waals surface area contributed by atoms with Crippen molar-refractivity contribution in [3.63, 3.8) is 0 Å². The van der Waals surface area contributed by atoms with Crippen LogP contribution < -0.4 is 15.0 Å². The molecule has 2 bridgehead atoms. The molecular formula is C36H39ClFN7O4. The Morgan fingerprint density at radius 3 is 2.67 bits per heavy atom. The Labute approximate surface area is 288 Å². The number of nitrogens with zero attached hydrogens (tertiary/aromatic N) is 6. The molecule has 7 heterocycles. The molecule has 0 saturated carbocycles. The highest BCUT2D eigenvalue weighted by Gasteiger charge is 2.51. The minimum absolute atomic E-state index is 0.135. The summed E-state index contributed by atoms with van der Waals surface area (Å²) in [5, 5.41) is 6.40. The molecule has 1 N–H and O–H groups in total. The third-order valence-electron chi connectivity index (χ3n) is 11.0. The number of ether oxygens (including phenoxy) is 3. The first-order valence-electron chi connectivity index (χ1n) is 17.4. The van der Waals surface area contributed by atoms with E-state index in [0.717, 1.165) is 56.1 Å². The smallest absolute Gasteiger partial charge is 0.410 e. The first kappa shape index (κ1) is 31.2. The molecule has 2 aromatic carbocycles. The second-order valence-electron chi connectivity index (χ2n) is 14.1. The molecule has 5 fully saturated rings. The first-order valence-corrected chi connectivity index (χ1v) is 17.8. The predicted molar refractivity (Wildman–Crippen MR) is 184 cm³/mol. The van der Waals surface area contributed by atoms with Crippen molar-refractivity contribution in [1.82, 2.24) is 30.1 Å². The number of morpholine rings is 1. The number of benzene rings is 2. The molecule has 5 saturated heterocycles. The van der Waals surface area contributed by atoms with E-state index in [0.29, 0.717) is 79.7 Å². The van der Waals surface area contributed by atoms with E-state index in [2.05, 4.69) is 20.1 Å². The number of anilines is 1. The summed E-state index contributed by atoms with van der Waals surface area (Å²) < 4.78 is 34.7. The maximum Gasteiger partial charge on any atom is 0.410 e. The van der Waals surface area contributed by atoms with Crippen molar-refractivity contribution >= 4 is 45.2 Å². The lowest BCUT2D eigenvalue weighted by Crippen LogP contribution is -2.51. The molecule has 9 rings (SSSR count). The number of aromatic nitrogens is 3. The van der Waals surface area contributed by atoms with Crippen LogP contribution in [-0.2, 0) is 9.47 Å². The average molecular weight is 688 g/mol. The van der Waals surface area contributed by atoms with Crippen LogP contribution in [-0.4, -0.2) is 114 Å². The van der Waals surface area contributed by atoms with Crippen molar-refractivity contribution < 1.29 is 23.4 Å². The van der Waals surface area contributed by atoms with Gasteiger partial charge in [0.2, 0.25) is 0 Å². The van der Waals surface area contributed by atoms with Crippen molar-refractivity contribution in [1.29, 1.82) is 0 Å². The van der Waals surface area contributed by atoms with Crippen LogP contribution in [0.25, 0.3) is 32.9 Å². The minimum Gasteiger partial charge on any atom is -0.461 e. The summed E-state index contributed by atoms with van der Waals surface area (Å²) in [6.45, 7) is 5.54. The number of amides is 1. The van der Waals surface area contributed by atoms with Gasteiger partial charge in [0.15, 0.2) is 5.82 Å². The van der Waals surface area contributed by atoms with Crippen LogP contribution in [0.2, 0.25) is 5.02 Å². The minimum atomic E-state index is -0.534. The number of halogens is 2. The van der Waals surface area contributed by atoms with Crippen LogP contribution in [0.5, 0.6) is 6.01 Å². The summed E-state index contributed by atoms with van der Waals surface area (Å²) in [7, 11) is 0. The maximum atomic E-state index is 16.8. The molecule has 5 aliphatic heterocycles. The second kappa shape index (κ2) is 12.5. The fraction of sp³-hybridized carbons (Fsp3) is 0.500. The van der Waals surface area contributed by atoms with Crippen LogP contribution in [0, 0.1) is 5.82 Å². The molecule has 4 aromatic rings. The molecule has 0 aliphatic carbocycles. The number of fused-ring (bicyclic) bond motifs is 5. The lowest BCUT2D eigenvalue weighted by Gasteiger charge is -2.34. The monoisotopic (exact) mass is 687 g/mol. The number of carbonyl (C=O) groups excluding carboxylic acids is 1. The average Bonchev–Trinajstić information content (AvgIpc) is 3.78. The van der Waals surface area contributed by atoms with Gasteiger partial charge in [0.25, 0.3) is 0 Å². The Morgan fingerprint density at radius 1 is 1.06 bits per heavy atom. The van der Waals surface area contributed by atoms with E-state index < -0.39 is 5.82 Å². The van der Waals surface area contributed by atoms with Crippen molar-refractivity contribution in [3.8, 4) is 17.3 Å². The largest absolute Gasteiger partial charge is 0.461 e. The fourth-order valence-electron chi connectivity index (χ4n) is 8.69. The first-order chi connectivity index (χ1) is 23.9. The Bertz CT molecular complexity index is 1910. The molecule has 3 unspecified atom stereocenters. The van der Waals surface area contributed by atoms with Crippen LogP contribution in [0.3, 0.4) is 0 Å². The fourth-order valence-corrected chi connectivity index (χ4v) is 8.97. The lowest BCUT2D eigenvalue weighted by atomic mass is 9.94. The highest BCUT2D eigenvalue weighted by molar-refractivity contribution is 6.36. The topological polar surface area (TPSA) is 105 Å². The zero-order chi connectivity index (χ0) is 33.1. The number of carbonyl (C=O) groups is 1. The summed E-state index contributed by atoms with van der Waals surface area (Å²) in [6, 6.07) is 12.2. The van der Waals surface area contributed by atoms with E-state index >= 15 is 4.39 Å². The number of hydrogen-bond donors (Lipinski definition) is 1. The van der Waals surface area contributed by atoms with Gasteiger partial charge in [-0.1, -0.05) is 41.9 Å². The van der Waals surface area contributed by atoms with Gasteiger partial charge in [0.05, 0.1) is 24.1 Å². The number of nitrogens with one attached hydrogen (secondary N) is 1. The molecule has 11 nitrogen and oxygen atoms in total. The van der Waals surface area contributed by atoms with Gasteiger partial charge in [-0.2, -0.15) is 9.97 Å². The Balaban J connectivity index is 1.05. The molecule has 5 aliphatic rings. The molecule has 49 heavy (non-hydrogen) atoms. The summed E-state index contributed by atoms with van der Waals surface area (Å²) in [6.07, 6.45) is 5.96. The van der Waals surface area contributed by atoms with Gasteiger partial charge in [-0.05, 0) is 43.7 Å². The van der Waals surface area contributed by atoms with Crippen LogP contribution >= 0.6 is 11.6 Å². The van der Waals surface area contributed by atoms with E-state index in [9.17, 15) is 4.79 Å². The van der Waals surface area contributed by atoms with Crippen LogP contribution in [0.15, 0.2) is 42.6 Å². The molecule has 0 radical (unpaired) electrons. The third kappa shape index (κ3) is 5.62. The zero-order valence-corrected chi connectivity index (χ0v) is 28.0. The summed E-state index contributed by atoms with van der Waals surface area (Å²) in [5.74, 6) is 0.102. The van der Waals surface area contributed by atoms with E-state index in [-0.39, 0.29) is 35.0 Å². The van der Waals surface area contributed by atoms with Gasteiger partial charge in [-0.3, -0.25) is 9.88 Å². The number of pyridine rings is 1. The molecule has 256 valence electrons. The van der Waals surface area contributed by atoms with Crippen molar-refractivity contribution in [2.24, 2.45) is 0 Å². The summed E-state index contributed by atoms with van der Waals surface area (Å²) in [4.78, 5) is 33.5. The maximum absolute atomic E-state index is 16.8. The summed E-state index contributed by atoms with van der Waals surface area (Å²) in [5.41, 5.74) is 0.645. The Hall–Kier alpha value is -3.84. The van der Waals surface area contributed by atoms with E-state index in [4.69, 9.17) is 35.8 Å². The van der Waals surface area contributed by atoms with Gasteiger partial charge in [0, 0.05) is 73.4 Å². The van der Waals surface area contributed by atoms with Crippen molar-refractivity contribution in [3.05, 3.63) is 53.4 Å². The molecule has 0 spiro atoms. The second-order valence-corrected chi connectivity index (χ2v) is 14.5. The molecule has 2 aromatic heterocycles. The van der Waals surface area contributed by atoms with Gasteiger partial charge in [-0.15, -0.1) is 0 Å². The van der Waals surface area contributed by atoms with Crippen LogP contribution in [0.4, 0.5) is 15.0 Å². The highest BCUT2D eigenvalue weighted by atomic mass is 35.5. The number of piperazine rings is 1. The normalized spacial score (nSPS) is 26.9. The third-order valence-corrected chi connectivity index (χ3v) is 11.4. The Morgan fingerprint density at radius 2 is 1.86 bits per heavy atom. The Kier molecular flexibility index (Phi) is 7.94. The molecule has 4 atom stereocenters. The predicted octanol–water partition coefficient (Wildman–Crippen LogP) is 5.03. The SMILES string of the molecule is O=C(O[C@@H]1CN2CCCC2(COc2nc(N3CC4CCC(C3)N4)c3cnc(-c4cccc5cccc(Cl)c45)c(F)c3n2)C1)N1CCOCC1. The number of rotatable bonds is 6. The molecule has 1 amide bonds. The quantitative estimate of drug-likeness (QED) is 0.297. The van der Waals surface area contributed by atoms with Crippen LogP contribution in [0.1, 0.15) is 32.1 Å². The van der Waals surface area contributed by atoms with E-state index in [1.54, 1.807) is 17.2 Å². The van der Waals surface area contributed by atoms with E-state index in [1.807, 2.05) is 30.3 Å². The van der Waals surface area contributed by atoms with Crippen molar-refractivity contribution in [2.45, 2.75) is 55.8 Å². The molecule has 13 heteroatoms. The van der Waals surface area contributed by atoms with Gasteiger partial charge >= 0.3 is 12.1 Å². The standard InChI is InChI=1S/C36H39ClFN7O4/c37-28-7-2-5-22-4-1-6-26(29(22)28)31-30(38)32-27(17-39-31)33(44-18-23-8-9-24(19-44)40-23)42-34(41-32)48-21-36-10-3-11-45(36)20-25(16-36)49-35(46)43-12-14-47-15-13-43/h1-2,4-7,17,23-25,40H,3,8-16,18-21H2/t23?,24?,25-,36?/m0/s1. The summed E-state index contributed by atoms with van der Waals surface area (Å²) >= 11 is 6.65. The van der Waals surface area contributed by atoms with E-state index in [1.165, 1.54) is 0 Å². The van der Waals surface area contributed by atoms with Gasteiger partial charge in [-0.25, -0.2) is 9.18 Å². The van der Waals surface area contributed by atoms with Gasteiger partial charge in [0.1, 0.15) is 29.7 Å². The van der Waals surface area contributed by atoms with Gasteiger partial charge < -0.3 is 29.3 Å². The lowest BCUT2D eigenvalue weighted by molar-refractivity contribution is 0.0135. The molecular weight excluding hydrogens is 649 g/mol.